The first-order valence-electron chi connectivity index (χ1n) is 5.52. The number of hydrogen-bond donors (Lipinski definition) is 0. The molecule has 0 aliphatic carbocycles. The third-order valence-electron chi connectivity index (χ3n) is 2.73. The van der Waals surface area contributed by atoms with E-state index >= 15 is 0 Å². The average molecular weight is 287 g/mol. The Hall–Kier alpha value is -2.25. The smallest absolute Gasteiger partial charge is 0.293 e. The largest absolute Gasteiger partial charge is 0.416 e. The van der Waals surface area contributed by atoms with Gasteiger partial charge in [0.2, 0.25) is 0 Å². The molecule has 0 spiro atoms. The Morgan fingerprint density at radius 3 is 2.40 bits per heavy atom. The van der Waals surface area contributed by atoms with E-state index in [2.05, 4.69) is 10.3 Å². The summed E-state index contributed by atoms with van der Waals surface area (Å²) in [6.07, 6.45) is -4.62. The minimum Gasteiger partial charge on any atom is -0.293 e. The maximum atomic E-state index is 13.8. The maximum absolute atomic E-state index is 13.8. The van der Waals surface area contributed by atoms with Gasteiger partial charge < -0.3 is 0 Å². The van der Waals surface area contributed by atoms with Gasteiger partial charge in [0.05, 0.1) is 11.3 Å². The van der Waals surface area contributed by atoms with Crippen molar-refractivity contribution in [1.82, 2.24) is 15.0 Å². The van der Waals surface area contributed by atoms with Crippen LogP contribution in [0.15, 0.2) is 18.2 Å². The fourth-order valence-electron chi connectivity index (χ4n) is 1.74. The van der Waals surface area contributed by atoms with Crippen LogP contribution in [0.2, 0.25) is 0 Å². The first-order valence-corrected chi connectivity index (χ1v) is 5.52. The van der Waals surface area contributed by atoms with E-state index in [1.807, 2.05) is 0 Å². The summed E-state index contributed by atoms with van der Waals surface area (Å²) < 4.78 is 52.1. The zero-order valence-corrected chi connectivity index (χ0v) is 10.5. The van der Waals surface area contributed by atoms with Crippen LogP contribution in [0, 0.1) is 12.7 Å². The molecule has 0 radical (unpaired) electrons. The molecule has 20 heavy (non-hydrogen) atoms. The summed E-state index contributed by atoms with van der Waals surface area (Å²) in [6.45, 7) is 2.75. The van der Waals surface area contributed by atoms with Crippen molar-refractivity contribution in [2.24, 2.45) is 0 Å². The Morgan fingerprint density at radius 1 is 1.30 bits per heavy atom. The predicted octanol–water partition coefficient (Wildman–Crippen LogP) is 2.94. The van der Waals surface area contributed by atoms with Gasteiger partial charge in [-0.3, -0.25) is 4.79 Å². The molecule has 2 aromatic rings. The number of benzene rings is 1. The summed E-state index contributed by atoms with van der Waals surface area (Å²) in [4.78, 5) is 11.2. The number of Topliss-reactive ketones (excluding diaryl/α,β-unsaturated/α-hetero) is 1. The molecule has 0 bridgehead atoms. The van der Waals surface area contributed by atoms with Crippen LogP contribution in [0.4, 0.5) is 17.6 Å². The molecule has 106 valence electrons. The molecule has 1 aromatic carbocycles. The van der Waals surface area contributed by atoms with E-state index in [-0.39, 0.29) is 22.9 Å². The Balaban J connectivity index is 2.52. The quantitative estimate of drug-likeness (QED) is 0.630. The summed E-state index contributed by atoms with van der Waals surface area (Å²) in [7, 11) is 0. The van der Waals surface area contributed by atoms with Gasteiger partial charge in [0.1, 0.15) is 11.5 Å². The Bertz CT molecular complexity index is 676. The lowest BCUT2D eigenvalue weighted by atomic mass is 10.2. The number of nitrogens with zero attached hydrogens (tertiary/aromatic N) is 3. The highest BCUT2D eigenvalue weighted by atomic mass is 19.4. The van der Waals surface area contributed by atoms with Crippen molar-refractivity contribution in [3.63, 3.8) is 0 Å². The third-order valence-corrected chi connectivity index (χ3v) is 2.73. The van der Waals surface area contributed by atoms with E-state index in [1.54, 1.807) is 0 Å². The molecule has 0 aliphatic heterocycles. The van der Waals surface area contributed by atoms with Gasteiger partial charge in [0.25, 0.3) is 0 Å². The monoisotopic (exact) mass is 287 g/mol. The number of ketones is 1. The lowest BCUT2D eigenvalue weighted by molar-refractivity contribution is -0.137. The van der Waals surface area contributed by atoms with Crippen LogP contribution in [0.5, 0.6) is 0 Å². The molecule has 0 saturated carbocycles. The van der Waals surface area contributed by atoms with E-state index < -0.39 is 17.6 Å². The highest BCUT2D eigenvalue weighted by molar-refractivity contribution is 5.93. The number of rotatable bonds is 2. The molecule has 0 atom stereocenters. The normalized spacial score (nSPS) is 11.7. The van der Waals surface area contributed by atoms with Gasteiger partial charge in [-0.25, -0.2) is 9.07 Å². The van der Waals surface area contributed by atoms with Gasteiger partial charge in [-0.15, -0.1) is 5.10 Å². The van der Waals surface area contributed by atoms with Gasteiger partial charge in [-0.2, -0.15) is 13.2 Å². The molecular weight excluding hydrogens is 278 g/mol. The Labute approximate surface area is 111 Å². The highest BCUT2D eigenvalue weighted by Crippen LogP contribution is 2.31. The molecule has 4 nitrogen and oxygen atoms in total. The van der Waals surface area contributed by atoms with Crippen LogP contribution in [-0.4, -0.2) is 20.8 Å². The van der Waals surface area contributed by atoms with Gasteiger partial charge >= 0.3 is 6.18 Å². The van der Waals surface area contributed by atoms with Gasteiger partial charge in [0, 0.05) is 6.92 Å². The first-order chi connectivity index (χ1) is 9.21. The minimum atomic E-state index is -4.62. The predicted molar refractivity (Wildman–Crippen MR) is 61.1 cm³/mol. The van der Waals surface area contributed by atoms with E-state index in [0.29, 0.717) is 6.07 Å². The molecular formula is C12H9F4N3O. The first kappa shape index (κ1) is 14.2. The van der Waals surface area contributed by atoms with Crippen LogP contribution in [0.3, 0.4) is 0 Å². The van der Waals surface area contributed by atoms with Crippen molar-refractivity contribution in [2.45, 2.75) is 20.0 Å². The molecule has 8 heteroatoms. The van der Waals surface area contributed by atoms with Crippen molar-refractivity contribution < 1.29 is 22.4 Å². The third kappa shape index (κ3) is 2.40. The van der Waals surface area contributed by atoms with Crippen LogP contribution >= 0.6 is 0 Å². The molecule has 1 heterocycles. The molecule has 0 aliphatic rings. The van der Waals surface area contributed by atoms with Crippen molar-refractivity contribution in [3.8, 4) is 5.69 Å². The molecule has 0 unspecified atom stereocenters. The standard InChI is InChI=1S/C12H9F4N3O/c1-6-11(7(2)20)17-18-19(6)10-4-3-8(5-9(10)13)12(14,15)16/h3-5H,1-2H3. The summed E-state index contributed by atoms with van der Waals surface area (Å²) in [5.41, 5.74) is -0.987. The fourth-order valence-corrected chi connectivity index (χ4v) is 1.74. The van der Waals surface area contributed by atoms with Gasteiger partial charge in [0.15, 0.2) is 11.5 Å². The van der Waals surface area contributed by atoms with Crippen molar-refractivity contribution in [2.75, 3.05) is 0 Å². The number of hydrogen-bond acceptors (Lipinski definition) is 3. The zero-order chi connectivity index (χ0) is 15.1. The van der Waals surface area contributed by atoms with E-state index in [9.17, 15) is 22.4 Å². The van der Waals surface area contributed by atoms with E-state index in [0.717, 1.165) is 16.8 Å². The Morgan fingerprint density at radius 2 is 1.95 bits per heavy atom. The second-order valence-electron chi connectivity index (χ2n) is 4.16. The van der Waals surface area contributed by atoms with Crippen LogP contribution in [0.1, 0.15) is 28.7 Å². The summed E-state index contributed by atoms with van der Waals surface area (Å²) >= 11 is 0. The Kier molecular flexibility index (Phi) is 3.33. The number of carbonyl (C=O) groups excluding carboxylic acids is 1. The number of carbonyl (C=O) groups is 1. The second kappa shape index (κ2) is 4.69. The SMILES string of the molecule is CC(=O)c1nnn(-c2ccc(C(F)(F)F)cc2F)c1C. The molecule has 0 amide bonds. The second-order valence-corrected chi connectivity index (χ2v) is 4.16. The number of alkyl halides is 3. The highest BCUT2D eigenvalue weighted by Gasteiger charge is 2.31. The van der Waals surface area contributed by atoms with E-state index in [1.165, 1.54) is 13.8 Å². The van der Waals surface area contributed by atoms with E-state index in [4.69, 9.17) is 0 Å². The minimum absolute atomic E-state index is 0.0456. The molecule has 0 saturated heterocycles. The molecule has 0 N–H and O–H groups in total. The van der Waals surface area contributed by atoms with Crippen molar-refractivity contribution >= 4 is 5.78 Å². The topological polar surface area (TPSA) is 47.8 Å². The molecule has 0 fully saturated rings. The van der Waals surface area contributed by atoms with Crippen LogP contribution in [0.25, 0.3) is 5.69 Å². The van der Waals surface area contributed by atoms with Crippen molar-refractivity contribution in [1.29, 1.82) is 0 Å². The number of halogens is 4. The van der Waals surface area contributed by atoms with Crippen molar-refractivity contribution in [3.05, 3.63) is 41.0 Å². The van der Waals surface area contributed by atoms with Gasteiger partial charge in [-0.1, -0.05) is 5.21 Å². The lowest BCUT2D eigenvalue weighted by Crippen LogP contribution is -2.08. The fraction of sp³-hybridized carbons (Fsp3) is 0.250. The summed E-state index contributed by atoms with van der Waals surface area (Å²) in [5, 5.41) is 7.16. The molecule has 1 aromatic heterocycles. The maximum Gasteiger partial charge on any atom is 0.416 e. The van der Waals surface area contributed by atoms with Crippen LogP contribution in [-0.2, 0) is 6.18 Å². The number of aromatic nitrogens is 3. The molecule has 2 rings (SSSR count). The van der Waals surface area contributed by atoms with Gasteiger partial charge in [-0.05, 0) is 25.1 Å². The summed E-state index contributed by atoms with van der Waals surface area (Å²) in [5.74, 6) is -1.45. The summed E-state index contributed by atoms with van der Waals surface area (Å²) in [6, 6.07) is 2.07. The average Bonchev–Trinajstić information content (AvgIpc) is 2.70. The lowest BCUT2D eigenvalue weighted by Gasteiger charge is -2.09. The van der Waals surface area contributed by atoms with Crippen LogP contribution < -0.4 is 0 Å². The zero-order valence-electron chi connectivity index (χ0n) is 10.5.